The number of anilines is 3. The second-order valence-corrected chi connectivity index (χ2v) is 7.04. The number of halogens is 1. The van der Waals surface area contributed by atoms with Crippen molar-refractivity contribution in [1.29, 1.82) is 0 Å². The van der Waals surface area contributed by atoms with E-state index in [4.69, 9.17) is 0 Å². The predicted molar refractivity (Wildman–Crippen MR) is 104 cm³/mol. The summed E-state index contributed by atoms with van der Waals surface area (Å²) in [5.74, 6) is 0.319. The van der Waals surface area contributed by atoms with Gasteiger partial charge < -0.3 is 15.5 Å². The van der Waals surface area contributed by atoms with Crippen LogP contribution in [-0.2, 0) is 4.79 Å². The maximum Gasteiger partial charge on any atom is 0.257 e. The Hall–Kier alpha value is -2.82. The molecule has 0 atom stereocenters. The van der Waals surface area contributed by atoms with E-state index >= 15 is 0 Å². The molecule has 2 N–H and O–H groups in total. The zero-order valence-corrected chi connectivity index (χ0v) is 14.8. The Morgan fingerprint density at radius 3 is 2.73 bits per heavy atom. The number of fused-ring (bicyclic) bond motifs is 1. The summed E-state index contributed by atoms with van der Waals surface area (Å²) in [6.45, 7) is 4.03. The van der Waals surface area contributed by atoms with Gasteiger partial charge in [-0.25, -0.2) is 4.39 Å². The summed E-state index contributed by atoms with van der Waals surface area (Å²) >= 11 is 0. The molecule has 2 heterocycles. The van der Waals surface area contributed by atoms with Crippen LogP contribution in [0.2, 0.25) is 0 Å². The first-order valence-corrected chi connectivity index (χ1v) is 9.04. The Balaban J connectivity index is 1.51. The molecular formula is C21H22FN3O. The summed E-state index contributed by atoms with van der Waals surface area (Å²) in [5.41, 5.74) is 3.48. The maximum absolute atomic E-state index is 14.6. The third-order valence-electron chi connectivity index (χ3n) is 5.17. The third-order valence-corrected chi connectivity index (χ3v) is 5.17. The third kappa shape index (κ3) is 3.17. The first kappa shape index (κ1) is 16.6. The number of nitrogens with zero attached hydrogens (tertiary/aromatic N) is 1. The lowest BCUT2D eigenvalue weighted by Gasteiger charge is -2.32. The van der Waals surface area contributed by atoms with E-state index in [0.717, 1.165) is 37.2 Å². The molecule has 0 unspecified atom stereocenters. The van der Waals surface area contributed by atoms with Crippen molar-refractivity contribution in [1.82, 2.24) is 0 Å². The first-order chi connectivity index (χ1) is 12.6. The Morgan fingerprint density at radius 1 is 1.19 bits per heavy atom. The first-order valence-electron chi connectivity index (χ1n) is 9.04. The molecule has 0 bridgehead atoms. The highest BCUT2D eigenvalue weighted by molar-refractivity contribution is 6.31. The van der Waals surface area contributed by atoms with Gasteiger partial charge in [-0.05, 0) is 43.0 Å². The van der Waals surface area contributed by atoms with Crippen LogP contribution in [0.1, 0.15) is 25.3 Å². The molecule has 134 valence electrons. The van der Waals surface area contributed by atoms with Crippen LogP contribution in [0.4, 0.5) is 21.5 Å². The Labute approximate surface area is 152 Å². The van der Waals surface area contributed by atoms with Gasteiger partial charge in [-0.1, -0.05) is 25.1 Å². The summed E-state index contributed by atoms with van der Waals surface area (Å²) in [7, 11) is 0. The average molecular weight is 351 g/mol. The van der Waals surface area contributed by atoms with Crippen LogP contribution in [0, 0.1) is 11.7 Å². The van der Waals surface area contributed by atoms with Gasteiger partial charge in [0.05, 0.1) is 11.3 Å². The van der Waals surface area contributed by atoms with E-state index in [1.165, 1.54) is 6.07 Å². The van der Waals surface area contributed by atoms with Crippen molar-refractivity contribution in [3.05, 3.63) is 60.0 Å². The number of hydrogen-bond donors (Lipinski definition) is 2. The standard InChI is InChI=1S/C21H22FN3O/c1-14-8-10-25(11-9-14)20-7-6-15(12-18(20)22)23-13-17-16-4-2-3-5-19(16)24-21(17)26/h2-7,12-14,23H,8-11H2,1H3,(H,24,26). The summed E-state index contributed by atoms with van der Waals surface area (Å²) in [4.78, 5) is 14.2. The van der Waals surface area contributed by atoms with Crippen LogP contribution in [0.5, 0.6) is 0 Å². The quantitative estimate of drug-likeness (QED) is 0.802. The van der Waals surface area contributed by atoms with Crippen LogP contribution < -0.4 is 15.5 Å². The van der Waals surface area contributed by atoms with Gasteiger partial charge in [0.25, 0.3) is 5.91 Å². The summed E-state index contributed by atoms with van der Waals surface area (Å²) < 4.78 is 14.6. The van der Waals surface area contributed by atoms with Gasteiger partial charge >= 0.3 is 0 Å². The van der Waals surface area contributed by atoms with Crippen molar-refractivity contribution >= 4 is 28.5 Å². The molecule has 1 saturated heterocycles. The Morgan fingerprint density at radius 2 is 1.96 bits per heavy atom. The van der Waals surface area contributed by atoms with Crippen molar-refractivity contribution in [2.45, 2.75) is 19.8 Å². The van der Waals surface area contributed by atoms with Gasteiger partial charge in [-0.2, -0.15) is 0 Å². The van der Waals surface area contributed by atoms with E-state index in [1.54, 1.807) is 6.20 Å². The number of carbonyl (C=O) groups excluding carboxylic acids is 1. The molecule has 0 spiro atoms. The van der Waals surface area contributed by atoms with Crippen LogP contribution in [0.15, 0.2) is 48.7 Å². The lowest BCUT2D eigenvalue weighted by atomic mass is 9.99. The molecular weight excluding hydrogens is 329 g/mol. The largest absolute Gasteiger partial charge is 0.369 e. The molecule has 0 saturated carbocycles. The molecule has 5 heteroatoms. The van der Waals surface area contributed by atoms with Gasteiger partial charge in [0.2, 0.25) is 0 Å². The smallest absolute Gasteiger partial charge is 0.257 e. The highest BCUT2D eigenvalue weighted by Gasteiger charge is 2.23. The number of piperidine rings is 1. The second kappa shape index (κ2) is 6.83. The molecule has 2 aliphatic rings. The molecule has 0 aliphatic carbocycles. The fraction of sp³-hybridized carbons (Fsp3) is 0.286. The number of carbonyl (C=O) groups is 1. The predicted octanol–water partition coefficient (Wildman–Crippen LogP) is 4.47. The van der Waals surface area contributed by atoms with Crippen molar-refractivity contribution in [2.75, 3.05) is 28.6 Å². The fourth-order valence-corrected chi connectivity index (χ4v) is 3.54. The maximum atomic E-state index is 14.6. The van der Waals surface area contributed by atoms with Crippen molar-refractivity contribution in [2.24, 2.45) is 5.92 Å². The van der Waals surface area contributed by atoms with Gasteiger partial charge in [0.15, 0.2) is 0 Å². The number of benzene rings is 2. The van der Waals surface area contributed by atoms with E-state index in [9.17, 15) is 9.18 Å². The molecule has 0 radical (unpaired) electrons. The average Bonchev–Trinajstić information content (AvgIpc) is 2.96. The van der Waals surface area contributed by atoms with E-state index in [1.807, 2.05) is 36.4 Å². The zero-order chi connectivity index (χ0) is 18.1. The lowest BCUT2D eigenvalue weighted by molar-refractivity contribution is -0.110. The number of para-hydroxylation sites is 1. The van der Waals surface area contributed by atoms with Crippen LogP contribution in [0.3, 0.4) is 0 Å². The topological polar surface area (TPSA) is 44.4 Å². The minimum atomic E-state index is -0.237. The molecule has 2 aromatic carbocycles. The molecule has 1 fully saturated rings. The number of amides is 1. The molecule has 26 heavy (non-hydrogen) atoms. The van der Waals surface area contributed by atoms with Gasteiger partial charge in [0, 0.05) is 36.2 Å². The lowest BCUT2D eigenvalue weighted by Crippen LogP contribution is -2.33. The van der Waals surface area contributed by atoms with Crippen LogP contribution in [0.25, 0.3) is 5.57 Å². The molecule has 1 amide bonds. The molecule has 4 rings (SSSR count). The van der Waals surface area contributed by atoms with E-state index in [-0.39, 0.29) is 11.7 Å². The Bertz CT molecular complexity index is 869. The monoisotopic (exact) mass is 351 g/mol. The van der Waals surface area contributed by atoms with Gasteiger partial charge in [-0.15, -0.1) is 0 Å². The molecule has 4 nitrogen and oxygen atoms in total. The molecule has 2 aromatic rings. The van der Waals surface area contributed by atoms with Crippen LogP contribution in [-0.4, -0.2) is 19.0 Å². The zero-order valence-electron chi connectivity index (χ0n) is 14.8. The van der Waals surface area contributed by atoms with E-state index in [2.05, 4.69) is 22.5 Å². The number of hydrogen-bond acceptors (Lipinski definition) is 3. The van der Waals surface area contributed by atoms with Crippen molar-refractivity contribution in [3.63, 3.8) is 0 Å². The normalized spacial score (nSPS) is 18.8. The number of rotatable bonds is 3. The summed E-state index contributed by atoms with van der Waals surface area (Å²) in [6.07, 6.45) is 3.83. The van der Waals surface area contributed by atoms with Crippen molar-refractivity contribution in [3.8, 4) is 0 Å². The molecule has 2 aliphatic heterocycles. The minimum absolute atomic E-state index is 0.154. The van der Waals surface area contributed by atoms with Crippen LogP contribution >= 0.6 is 0 Å². The highest BCUT2D eigenvalue weighted by atomic mass is 19.1. The highest BCUT2D eigenvalue weighted by Crippen LogP contribution is 2.32. The van der Waals surface area contributed by atoms with E-state index < -0.39 is 0 Å². The minimum Gasteiger partial charge on any atom is -0.369 e. The summed E-state index contributed by atoms with van der Waals surface area (Å²) in [5, 5.41) is 5.88. The summed E-state index contributed by atoms with van der Waals surface area (Å²) in [6, 6.07) is 12.7. The van der Waals surface area contributed by atoms with E-state index in [0.29, 0.717) is 22.9 Å². The SMILES string of the molecule is CC1CCN(c2ccc(NC=C3C(=O)Nc4ccccc43)cc2F)CC1. The fourth-order valence-electron chi connectivity index (χ4n) is 3.54. The number of nitrogens with one attached hydrogen (secondary N) is 2. The Kier molecular flexibility index (Phi) is 4.37. The van der Waals surface area contributed by atoms with Crippen molar-refractivity contribution < 1.29 is 9.18 Å². The van der Waals surface area contributed by atoms with Gasteiger partial charge in [-0.3, -0.25) is 4.79 Å². The molecule has 0 aromatic heterocycles. The van der Waals surface area contributed by atoms with Gasteiger partial charge in [0.1, 0.15) is 5.82 Å². The second-order valence-electron chi connectivity index (χ2n) is 7.04.